The summed E-state index contributed by atoms with van der Waals surface area (Å²) in [6.07, 6.45) is 0.896. The molecular formula is C11H16BrNO2. The first-order valence-corrected chi connectivity index (χ1v) is 5.67. The number of halogens is 1. The summed E-state index contributed by atoms with van der Waals surface area (Å²) in [4.78, 5) is 0. The van der Waals surface area contributed by atoms with E-state index in [1.165, 1.54) is 0 Å². The van der Waals surface area contributed by atoms with E-state index in [-0.39, 0.29) is 0 Å². The third kappa shape index (κ3) is 4.20. The molecule has 0 unspecified atom stereocenters. The number of methoxy groups -OCH3 is 1. The van der Waals surface area contributed by atoms with Crippen molar-refractivity contribution < 1.29 is 9.47 Å². The van der Waals surface area contributed by atoms with Gasteiger partial charge in [-0.15, -0.1) is 0 Å². The van der Waals surface area contributed by atoms with Gasteiger partial charge in [-0.3, -0.25) is 0 Å². The minimum Gasteiger partial charge on any atom is -0.493 e. The largest absolute Gasteiger partial charge is 0.493 e. The van der Waals surface area contributed by atoms with Gasteiger partial charge < -0.3 is 15.2 Å². The quantitative estimate of drug-likeness (QED) is 0.810. The molecule has 0 aliphatic rings. The van der Waals surface area contributed by atoms with Gasteiger partial charge in [0.2, 0.25) is 0 Å². The molecule has 0 bridgehead atoms. The topological polar surface area (TPSA) is 44.5 Å². The Morgan fingerprint density at radius 2 is 2.13 bits per heavy atom. The van der Waals surface area contributed by atoms with E-state index in [1.807, 2.05) is 18.2 Å². The molecule has 0 radical (unpaired) electrons. The summed E-state index contributed by atoms with van der Waals surface area (Å²) in [6, 6.07) is 5.84. The molecule has 1 aromatic rings. The molecule has 84 valence electrons. The summed E-state index contributed by atoms with van der Waals surface area (Å²) < 4.78 is 11.5. The van der Waals surface area contributed by atoms with Gasteiger partial charge in [0, 0.05) is 31.2 Å². The molecule has 0 fully saturated rings. The van der Waals surface area contributed by atoms with Crippen LogP contribution >= 0.6 is 15.9 Å². The van der Waals surface area contributed by atoms with Crippen LogP contribution in [0.4, 0.5) is 0 Å². The Balaban J connectivity index is 2.45. The Hall–Kier alpha value is -0.580. The van der Waals surface area contributed by atoms with Crippen LogP contribution in [0.1, 0.15) is 12.0 Å². The maximum absolute atomic E-state index is 5.55. The maximum atomic E-state index is 5.55. The number of benzene rings is 1. The standard InChI is InChI=1S/C11H16BrNO2/c1-14-5-2-6-15-10-4-3-9(8-13)11(12)7-10/h3-4,7H,2,5-6,8,13H2,1H3. The third-order valence-corrected chi connectivity index (χ3v) is 2.74. The highest BCUT2D eigenvalue weighted by Gasteiger charge is 2.00. The number of hydrogen-bond acceptors (Lipinski definition) is 3. The summed E-state index contributed by atoms with van der Waals surface area (Å²) >= 11 is 3.45. The molecule has 3 nitrogen and oxygen atoms in total. The lowest BCUT2D eigenvalue weighted by Crippen LogP contribution is -2.02. The van der Waals surface area contributed by atoms with Gasteiger partial charge in [0.15, 0.2) is 0 Å². The molecular weight excluding hydrogens is 258 g/mol. The summed E-state index contributed by atoms with van der Waals surface area (Å²) in [5.41, 5.74) is 6.64. The van der Waals surface area contributed by atoms with Gasteiger partial charge in [0.25, 0.3) is 0 Å². The van der Waals surface area contributed by atoms with E-state index in [0.29, 0.717) is 13.2 Å². The van der Waals surface area contributed by atoms with Crippen molar-refractivity contribution >= 4 is 15.9 Å². The lowest BCUT2D eigenvalue weighted by molar-refractivity contribution is 0.172. The zero-order valence-corrected chi connectivity index (χ0v) is 10.4. The van der Waals surface area contributed by atoms with Crippen molar-refractivity contribution in [2.24, 2.45) is 5.73 Å². The minimum absolute atomic E-state index is 0.532. The first kappa shape index (κ1) is 12.5. The molecule has 0 heterocycles. The summed E-state index contributed by atoms with van der Waals surface area (Å²) in [6.45, 7) is 1.93. The number of hydrogen-bond donors (Lipinski definition) is 1. The molecule has 1 rings (SSSR count). The summed E-state index contributed by atoms with van der Waals surface area (Å²) in [5.74, 6) is 0.857. The van der Waals surface area contributed by atoms with Gasteiger partial charge in [-0.2, -0.15) is 0 Å². The van der Waals surface area contributed by atoms with E-state index in [4.69, 9.17) is 15.2 Å². The first-order chi connectivity index (χ1) is 7.27. The Kier molecular flexibility index (Phi) is 5.68. The fraction of sp³-hybridized carbons (Fsp3) is 0.455. The van der Waals surface area contributed by atoms with Crippen LogP contribution in [0.5, 0.6) is 5.75 Å². The van der Waals surface area contributed by atoms with E-state index >= 15 is 0 Å². The Labute approximate surface area is 98.7 Å². The number of ether oxygens (including phenoxy) is 2. The van der Waals surface area contributed by atoms with Gasteiger partial charge in [0.1, 0.15) is 5.75 Å². The molecule has 0 aliphatic carbocycles. The van der Waals surface area contributed by atoms with E-state index in [0.717, 1.165) is 28.8 Å². The van der Waals surface area contributed by atoms with E-state index < -0.39 is 0 Å². The SMILES string of the molecule is COCCCOc1ccc(CN)c(Br)c1. The van der Waals surface area contributed by atoms with Crippen LogP contribution in [0.2, 0.25) is 0 Å². The molecule has 0 aromatic heterocycles. The van der Waals surface area contributed by atoms with E-state index in [1.54, 1.807) is 7.11 Å². The van der Waals surface area contributed by atoms with Crippen LogP contribution in [0.3, 0.4) is 0 Å². The average molecular weight is 274 g/mol. The van der Waals surface area contributed by atoms with Crippen LogP contribution in [-0.2, 0) is 11.3 Å². The first-order valence-electron chi connectivity index (χ1n) is 4.88. The van der Waals surface area contributed by atoms with Crippen LogP contribution in [0, 0.1) is 0 Å². The maximum Gasteiger partial charge on any atom is 0.120 e. The van der Waals surface area contributed by atoms with Crippen LogP contribution < -0.4 is 10.5 Å². The van der Waals surface area contributed by atoms with E-state index in [2.05, 4.69) is 15.9 Å². The van der Waals surface area contributed by atoms with Crippen molar-refractivity contribution in [1.82, 2.24) is 0 Å². The molecule has 1 aromatic carbocycles. The Morgan fingerprint density at radius 1 is 1.33 bits per heavy atom. The Morgan fingerprint density at radius 3 is 2.73 bits per heavy atom. The highest BCUT2D eigenvalue weighted by Crippen LogP contribution is 2.22. The van der Waals surface area contributed by atoms with Gasteiger partial charge in [0.05, 0.1) is 6.61 Å². The van der Waals surface area contributed by atoms with Crippen molar-refractivity contribution in [3.05, 3.63) is 28.2 Å². The van der Waals surface area contributed by atoms with Gasteiger partial charge in [-0.1, -0.05) is 22.0 Å². The molecule has 0 saturated carbocycles. The molecule has 0 atom stereocenters. The molecule has 0 amide bonds. The normalized spacial score (nSPS) is 10.3. The summed E-state index contributed by atoms with van der Waals surface area (Å²) in [5, 5.41) is 0. The van der Waals surface area contributed by atoms with Gasteiger partial charge >= 0.3 is 0 Å². The lowest BCUT2D eigenvalue weighted by atomic mass is 10.2. The summed E-state index contributed by atoms with van der Waals surface area (Å²) in [7, 11) is 1.69. The van der Waals surface area contributed by atoms with E-state index in [9.17, 15) is 0 Å². The minimum atomic E-state index is 0.532. The molecule has 4 heteroatoms. The van der Waals surface area contributed by atoms with Crippen molar-refractivity contribution in [1.29, 1.82) is 0 Å². The smallest absolute Gasteiger partial charge is 0.120 e. The fourth-order valence-corrected chi connectivity index (χ4v) is 1.70. The van der Waals surface area contributed by atoms with Crippen LogP contribution in [0.25, 0.3) is 0 Å². The number of rotatable bonds is 6. The second kappa shape index (κ2) is 6.82. The molecule has 0 aliphatic heterocycles. The van der Waals surface area contributed by atoms with Crippen LogP contribution in [0.15, 0.2) is 22.7 Å². The van der Waals surface area contributed by atoms with Gasteiger partial charge in [-0.05, 0) is 17.7 Å². The monoisotopic (exact) mass is 273 g/mol. The average Bonchev–Trinajstić information content (AvgIpc) is 2.25. The lowest BCUT2D eigenvalue weighted by Gasteiger charge is -2.08. The fourth-order valence-electron chi connectivity index (χ4n) is 1.18. The molecule has 0 spiro atoms. The third-order valence-electron chi connectivity index (χ3n) is 2.01. The van der Waals surface area contributed by atoms with Crippen LogP contribution in [-0.4, -0.2) is 20.3 Å². The zero-order chi connectivity index (χ0) is 11.1. The predicted octanol–water partition coefficient (Wildman–Crippen LogP) is 2.32. The zero-order valence-electron chi connectivity index (χ0n) is 8.83. The predicted molar refractivity (Wildman–Crippen MR) is 64.0 cm³/mol. The molecule has 0 saturated heterocycles. The molecule has 15 heavy (non-hydrogen) atoms. The van der Waals surface area contributed by atoms with Crippen molar-refractivity contribution in [3.63, 3.8) is 0 Å². The second-order valence-corrected chi connectivity index (χ2v) is 4.01. The number of nitrogens with two attached hydrogens (primary N) is 1. The highest BCUT2D eigenvalue weighted by atomic mass is 79.9. The highest BCUT2D eigenvalue weighted by molar-refractivity contribution is 9.10. The molecule has 2 N–H and O–H groups in total. The van der Waals surface area contributed by atoms with Gasteiger partial charge in [-0.25, -0.2) is 0 Å². The van der Waals surface area contributed by atoms with Crippen molar-refractivity contribution in [2.45, 2.75) is 13.0 Å². The van der Waals surface area contributed by atoms with Crippen molar-refractivity contribution in [3.8, 4) is 5.75 Å². The van der Waals surface area contributed by atoms with Crippen molar-refractivity contribution in [2.75, 3.05) is 20.3 Å². The Bertz CT molecular complexity index is 305. The second-order valence-electron chi connectivity index (χ2n) is 3.15.